The lowest BCUT2D eigenvalue weighted by Gasteiger charge is -2.22. The van der Waals surface area contributed by atoms with Crippen molar-refractivity contribution in [2.75, 3.05) is 13.2 Å². The molecule has 0 spiro atoms. The van der Waals surface area contributed by atoms with E-state index in [2.05, 4.69) is 50.4 Å². The molecule has 0 aromatic heterocycles. The number of rotatable bonds is 7. The van der Waals surface area contributed by atoms with Gasteiger partial charge in [-0.1, -0.05) is 31.2 Å². The van der Waals surface area contributed by atoms with Gasteiger partial charge in [0.2, 0.25) is 0 Å². The van der Waals surface area contributed by atoms with Crippen molar-refractivity contribution in [1.29, 1.82) is 0 Å². The Morgan fingerprint density at radius 3 is 2.84 bits per heavy atom. The van der Waals surface area contributed by atoms with Crippen LogP contribution in [0.15, 0.2) is 24.3 Å². The van der Waals surface area contributed by atoms with Crippen LogP contribution in [0.25, 0.3) is 0 Å². The Bertz CT molecular complexity index is 389. The van der Waals surface area contributed by atoms with Crippen molar-refractivity contribution in [3.63, 3.8) is 0 Å². The summed E-state index contributed by atoms with van der Waals surface area (Å²) in [6, 6.07) is 9.40. The molecule has 1 aromatic carbocycles. The summed E-state index contributed by atoms with van der Waals surface area (Å²) >= 11 is 0. The van der Waals surface area contributed by atoms with E-state index in [9.17, 15) is 0 Å². The molecule has 2 heteroatoms. The van der Waals surface area contributed by atoms with Gasteiger partial charge in [0.25, 0.3) is 0 Å². The van der Waals surface area contributed by atoms with Crippen LogP contribution < -0.4 is 5.32 Å². The summed E-state index contributed by atoms with van der Waals surface area (Å²) in [5.74, 6) is 0.683. The van der Waals surface area contributed by atoms with E-state index >= 15 is 0 Å². The number of hydrogen-bond donors (Lipinski definition) is 1. The predicted molar refractivity (Wildman–Crippen MR) is 80.4 cm³/mol. The average molecular weight is 261 g/mol. The van der Waals surface area contributed by atoms with Gasteiger partial charge in [-0.2, -0.15) is 0 Å². The first-order chi connectivity index (χ1) is 9.22. The van der Waals surface area contributed by atoms with E-state index in [0.29, 0.717) is 18.1 Å². The lowest BCUT2D eigenvalue weighted by Crippen LogP contribution is -2.27. The van der Waals surface area contributed by atoms with Crippen molar-refractivity contribution in [2.24, 2.45) is 5.92 Å². The maximum Gasteiger partial charge on any atom is 0.0518 e. The molecule has 0 aliphatic heterocycles. The van der Waals surface area contributed by atoms with Gasteiger partial charge >= 0.3 is 0 Å². The van der Waals surface area contributed by atoms with E-state index in [4.69, 9.17) is 4.74 Å². The van der Waals surface area contributed by atoms with E-state index in [0.717, 1.165) is 19.6 Å². The number of benzene rings is 1. The van der Waals surface area contributed by atoms with Crippen molar-refractivity contribution in [3.8, 4) is 0 Å². The van der Waals surface area contributed by atoms with Crippen LogP contribution in [0, 0.1) is 5.92 Å². The average Bonchev–Trinajstić information content (AvgIpc) is 2.74. The molecule has 0 fully saturated rings. The van der Waals surface area contributed by atoms with Crippen LogP contribution in [0.2, 0.25) is 0 Å². The Morgan fingerprint density at radius 1 is 1.32 bits per heavy atom. The smallest absolute Gasteiger partial charge is 0.0518 e. The fourth-order valence-corrected chi connectivity index (χ4v) is 2.98. The predicted octanol–water partition coefficient (Wildman–Crippen LogP) is 3.71. The fourth-order valence-electron chi connectivity index (χ4n) is 2.98. The molecule has 2 rings (SSSR count). The Morgan fingerprint density at radius 2 is 2.11 bits per heavy atom. The highest BCUT2D eigenvalue weighted by molar-refractivity contribution is 5.35. The van der Waals surface area contributed by atoms with Gasteiger partial charge in [-0.3, -0.25) is 0 Å². The fraction of sp³-hybridized carbons (Fsp3) is 0.647. The minimum atomic E-state index is 0.339. The van der Waals surface area contributed by atoms with E-state index in [1.54, 1.807) is 0 Å². The van der Waals surface area contributed by atoms with Crippen molar-refractivity contribution < 1.29 is 4.74 Å². The summed E-state index contributed by atoms with van der Waals surface area (Å²) in [4.78, 5) is 0. The van der Waals surface area contributed by atoms with Crippen molar-refractivity contribution in [1.82, 2.24) is 5.32 Å². The molecule has 0 saturated heterocycles. The topological polar surface area (TPSA) is 21.3 Å². The zero-order valence-corrected chi connectivity index (χ0v) is 12.5. The highest BCUT2D eigenvalue weighted by Crippen LogP contribution is 2.37. The number of fused-ring (bicyclic) bond motifs is 1. The second-order valence-electron chi connectivity index (χ2n) is 5.80. The summed E-state index contributed by atoms with van der Waals surface area (Å²) in [5.41, 5.74) is 3.02. The van der Waals surface area contributed by atoms with E-state index in [1.807, 2.05) is 0 Å². The molecule has 1 aliphatic carbocycles. The molecule has 0 bridgehead atoms. The van der Waals surface area contributed by atoms with Crippen molar-refractivity contribution in [2.45, 2.75) is 52.2 Å². The zero-order valence-electron chi connectivity index (χ0n) is 12.5. The molecule has 1 N–H and O–H groups in total. The number of nitrogens with one attached hydrogen (secondary N) is 1. The normalized spacial score (nSPS) is 21.9. The molecule has 2 nitrogen and oxygen atoms in total. The van der Waals surface area contributed by atoms with Gasteiger partial charge in [-0.25, -0.2) is 0 Å². The van der Waals surface area contributed by atoms with Gasteiger partial charge in [0, 0.05) is 12.6 Å². The van der Waals surface area contributed by atoms with E-state index < -0.39 is 0 Å². The Kier molecular flexibility index (Phi) is 5.41. The third-order valence-electron chi connectivity index (χ3n) is 3.90. The first kappa shape index (κ1) is 14.5. The van der Waals surface area contributed by atoms with Crippen molar-refractivity contribution >= 4 is 0 Å². The summed E-state index contributed by atoms with van der Waals surface area (Å²) in [7, 11) is 0. The molecule has 106 valence electrons. The van der Waals surface area contributed by atoms with E-state index in [1.165, 1.54) is 24.0 Å². The summed E-state index contributed by atoms with van der Waals surface area (Å²) < 4.78 is 5.73. The molecule has 0 saturated carbocycles. The Balaban J connectivity index is 1.99. The van der Waals surface area contributed by atoms with Crippen LogP contribution in [0.3, 0.4) is 0 Å². The van der Waals surface area contributed by atoms with Gasteiger partial charge in [-0.05, 0) is 56.7 Å². The quantitative estimate of drug-likeness (QED) is 0.808. The number of hydrogen-bond acceptors (Lipinski definition) is 2. The first-order valence-electron chi connectivity index (χ1n) is 7.65. The third-order valence-corrected chi connectivity index (χ3v) is 3.90. The highest BCUT2D eigenvalue weighted by atomic mass is 16.5. The number of ether oxygens (including phenoxy) is 1. The molecule has 0 amide bonds. The van der Waals surface area contributed by atoms with Gasteiger partial charge in [0.1, 0.15) is 0 Å². The summed E-state index contributed by atoms with van der Waals surface area (Å²) in [6.45, 7) is 8.42. The monoisotopic (exact) mass is 261 g/mol. The minimum Gasteiger partial charge on any atom is -0.379 e. The molecular weight excluding hydrogens is 234 g/mol. The molecular formula is C17H27NO. The lowest BCUT2D eigenvalue weighted by atomic mass is 9.97. The molecule has 2 atom stereocenters. The maximum atomic E-state index is 5.73. The molecule has 0 radical (unpaired) electrons. The summed E-state index contributed by atoms with van der Waals surface area (Å²) in [6.07, 6.45) is 3.87. The SMILES string of the molecule is CCCNC1c2ccccc2CC1CCOC(C)C. The Labute approximate surface area is 117 Å². The van der Waals surface area contributed by atoms with Crippen molar-refractivity contribution in [3.05, 3.63) is 35.4 Å². The van der Waals surface area contributed by atoms with Gasteiger partial charge in [0.05, 0.1) is 6.10 Å². The minimum absolute atomic E-state index is 0.339. The van der Waals surface area contributed by atoms with Crippen LogP contribution in [-0.2, 0) is 11.2 Å². The molecule has 19 heavy (non-hydrogen) atoms. The van der Waals surface area contributed by atoms with Crippen LogP contribution in [0.4, 0.5) is 0 Å². The van der Waals surface area contributed by atoms with Crippen LogP contribution in [0.1, 0.15) is 50.8 Å². The molecule has 2 unspecified atom stereocenters. The lowest BCUT2D eigenvalue weighted by molar-refractivity contribution is 0.0658. The zero-order chi connectivity index (χ0) is 13.7. The third kappa shape index (κ3) is 3.80. The van der Waals surface area contributed by atoms with Gasteiger partial charge in [-0.15, -0.1) is 0 Å². The standard InChI is InChI=1S/C17H27NO/c1-4-10-18-17-15(9-11-19-13(2)3)12-14-7-5-6-8-16(14)17/h5-8,13,15,17-18H,4,9-12H2,1-3H3. The van der Waals surface area contributed by atoms with Gasteiger partial charge in [0.15, 0.2) is 0 Å². The highest BCUT2D eigenvalue weighted by Gasteiger charge is 2.31. The Hall–Kier alpha value is -0.860. The van der Waals surface area contributed by atoms with Crippen LogP contribution in [0.5, 0.6) is 0 Å². The van der Waals surface area contributed by atoms with E-state index in [-0.39, 0.29) is 0 Å². The summed E-state index contributed by atoms with van der Waals surface area (Å²) in [5, 5.41) is 3.72. The van der Waals surface area contributed by atoms with Gasteiger partial charge < -0.3 is 10.1 Å². The maximum absolute atomic E-state index is 5.73. The largest absolute Gasteiger partial charge is 0.379 e. The van der Waals surface area contributed by atoms with Crippen LogP contribution >= 0.6 is 0 Å². The van der Waals surface area contributed by atoms with Crippen LogP contribution in [-0.4, -0.2) is 19.3 Å². The second kappa shape index (κ2) is 7.06. The molecule has 0 heterocycles. The molecule has 1 aromatic rings. The second-order valence-corrected chi connectivity index (χ2v) is 5.80. The molecule has 1 aliphatic rings. The first-order valence-corrected chi connectivity index (χ1v) is 7.65.